The average Bonchev–Trinajstić information content (AvgIpc) is 3.07. The van der Waals surface area contributed by atoms with Gasteiger partial charge in [-0.25, -0.2) is 0 Å². The summed E-state index contributed by atoms with van der Waals surface area (Å²) in [7, 11) is 0. The maximum absolute atomic E-state index is 12.9. The maximum Gasteiger partial charge on any atom is 0.269 e. The van der Waals surface area contributed by atoms with Crippen LogP contribution in [-0.2, 0) is 6.54 Å². The summed E-state index contributed by atoms with van der Waals surface area (Å²) in [6, 6.07) is 22.9. The fourth-order valence-electron chi connectivity index (χ4n) is 2.91. The van der Waals surface area contributed by atoms with E-state index in [0.717, 1.165) is 26.3 Å². The summed E-state index contributed by atoms with van der Waals surface area (Å²) in [6.07, 6.45) is 0. The molecule has 0 unspecified atom stereocenters. The normalized spacial score (nSPS) is 10.9. The van der Waals surface area contributed by atoms with Gasteiger partial charge >= 0.3 is 0 Å². The first-order chi connectivity index (χ1) is 13.6. The summed E-state index contributed by atoms with van der Waals surface area (Å²) >= 11 is 13.7. The first kappa shape index (κ1) is 18.9. The van der Waals surface area contributed by atoms with Gasteiger partial charge in [-0.1, -0.05) is 71.4 Å². The summed E-state index contributed by atoms with van der Waals surface area (Å²) in [5, 5.41) is 5.28. The molecule has 28 heavy (non-hydrogen) atoms. The molecule has 0 spiro atoms. The molecule has 6 heteroatoms. The monoisotopic (exact) mass is 426 g/mol. The largest absolute Gasteiger partial charge is 0.350 e. The molecular formula is C22H16Cl2N2OS. The van der Waals surface area contributed by atoms with Crippen molar-refractivity contribution >= 4 is 51.8 Å². The number of carbonyl (C=O) groups excluding carboxylic acids is 1. The van der Waals surface area contributed by atoms with Crippen LogP contribution < -0.4 is 5.32 Å². The predicted molar refractivity (Wildman–Crippen MR) is 116 cm³/mol. The predicted octanol–water partition coefficient (Wildman–Crippen LogP) is 6.56. The molecule has 3 nitrogen and oxygen atoms in total. The van der Waals surface area contributed by atoms with E-state index in [1.807, 2.05) is 72.8 Å². The molecule has 4 aromatic rings. The minimum atomic E-state index is -0.174. The summed E-state index contributed by atoms with van der Waals surface area (Å²) in [5.74, 6) is -0.174. The number of aromatic nitrogens is 1. The highest BCUT2D eigenvalue weighted by atomic mass is 35.5. The van der Waals surface area contributed by atoms with Gasteiger partial charge < -0.3 is 10.3 Å². The molecule has 0 aliphatic heterocycles. The molecule has 0 fully saturated rings. The number of halogens is 2. The highest BCUT2D eigenvalue weighted by molar-refractivity contribution is 7.99. The van der Waals surface area contributed by atoms with Gasteiger partial charge in [-0.05, 0) is 42.0 Å². The van der Waals surface area contributed by atoms with E-state index in [-0.39, 0.29) is 5.91 Å². The Labute approximate surface area is 177 Å². The van der Waals surface area contributed by atoms with E-state index >= 15 is 0 Å². The third kappa shape index (κ3) is 4.04. The van der Waals surface area contributed by atoms with Gasteiger partial charge in [-0.3, -0.25) is 4.79 Å². The van der Waals surface area contributed by atoms with Crippen LogP contribution in [0.15, 0.2) is 82.6 Å². The molecule has 0 saturated carbocycles. The van der Waals surface area contributed by atoms with Crippen LogP contribution in [0.25, 0.3) is 10.9 Å². The topological polar surface area (TPSA) is 44.9 Å². The third-order valence-corrected chi connectivity index (χ3v) is 6.07. The van der Waals surface area contributed by atoms with Crippen molar-refractivity contribution in [2.75, 3.05) is 0 Å². The molecule has 1 aromatic heterocycles. The lowest BCUT2D eigenvalue weighted by Gasteiger charge is -2.08. The maximum atomic E-state index is 12.9. The second-order valence-corrected chi connectivity index (χ2v) is 8.13. The van der Waals surface area contributed by atoms with Gasteiger partial charge in [0.15, 0.2) is 0 Å². The SMILES string of the molecule is O=C(NCc1ccccc1Cl)c1[nH]c2ccccc2c1Sc1ccc(Cl)cc1. The lowest BCUT2D eigenvalue weighted by atomic mass is 10.2. The van der Waals surface area contributed by atoms with E-state index < -0.39 is 0 Å². The molecule has 0 aliphatic carbocycles. The molecule has 0 saturated heterocycles. The number of fused-ring (bicyclic) bond motifs is 1. The summed E-state index contributed by atoms with van der Waals surface area (Å²) < 4.78 is 0. The van der Waals surface area contributed by atoms with E-state index in [2.05, 4.69) is 10.3 Å². The van der Waals surface area contributed by atoms with Crippen molar-refractivity contribution in [1.82, 2.24) is 10.3 Å². The zero-order chi connectivity index (χ0) is 19.5. The van der Waals surface area contributed by atoms with Crippen molar-refractivity contribution in [2.45, 2.75) is 16.3 Å². The molecule has 0 bridgehead atoms. The van der Waals surface area contributed by atoms with Gasteiger partial charge in [0, 0.05) is 32.4 Å². The Morgan fingerprint density at radius 2 is 1.64 bits per heavy atom. The molecule has 2 N–H and O–H groups in total. The standard InChI is InChI=1S/C22H16Cl2N2OS/c23-15-9-11-16(12-10-15)28-21-17-6-2-4-8-19(17)26-20(21)22(27)25-13-14-5-1-3-7-18(14)24/h1-12,26H,13H2,(H,25,27). The molecule has 0 aliphatic rings. The quantitative estimate of drug-likeness (QED) is 0.379. The van der Waals surface area contributed by atoms with Crippen LogP contribution in [-0.4, -0.2) is 10.9 Å². The Bertz CT molecular complexity index is 1140. The van der Waals surface area contributed by atoms with E-state index in [9.17, 15) is 4.79 Å². The molecule has 0 radical (unpaired) electrons. The second kappa shape index (κ2) is 8.31. The van der Waals surface area contributed by atoms with Crippen LogP contribution in [0.1, 0.15) is 16.1 Å². The lowest BCUT2D eigenvalue weighted by molar-refractivity contribution is 0.0944. The van der Waals surface area contributed by atoms with Crippen molar-refractivity contribution in [2.24, 2.45) is 0 Å². The number of benzene rings is 3. The molecule has 1 heterocycles. The highest BCUT2D eigenvalue weighted by Crippen LogP contribution is 2.37. The van der Waals surface area contributed by atoms with Gasteiger partial charge in [0.05, 0.1) is 4.90 Å². The Kier molecular flexibility index (Phi) is 5.62. The first-order valence-electron chi connectivity index (χ1n) is 8.67. The van der Waals surface area contributed by atoms with Gasteiger partial charge in [0.2, 0.25) is 0 Å². The Hall–Kier alpha value is -2.40. The molecule has 3 aromatic carbocycles. The minimum absolute atomic E-state index is 0.174. The van der Waals surface area contributed by atoms with Gasteiger partial charge in [0.1, 0.15) is 5.69 Å². The Balaban J connectivity index is 1.64. The van der Waals surface area contributed by atoms with Gasteiger partial charge in [-0.15, -0.1) is 0 Å². The number of hydrogen-bond acceptors (Lipinski definition) is 2. The Morgan fingerprint density at radius 1 is 0.929 bits per heavy atom. The second-order valence-electron chi connectivity index (χ2n) is 6.20. The number of H-pyrrole nitrogens is 1. The number of nitrogens with one attached hydrogen (secondary N) is 2. The van der Waals surface area contributed by atoms with E-state index in [1.165, 1.54) is 11.8 Å². The lowest BCUT2D eigenvalue weighted by Crippen LogP contribution is -2.23. The van der Waals surface area contributed by atoms with Crippen molar-refractivity contribution in [1.29, 1.82) is 0 Å². The molecule has 1 amide bonds. The van der Waals surface area contributed by atoms with Crippen LogP contribution in [0.2, 0.25) is 10.0 Å². The van der Waals surface area contributed by atoms with Crippen molar-refractivity contribution in [3.63, 3.8) is 0 Å². The van der Waals surface area contributed by atoms with Crippen LogP contribution in [0.3, 0.4) is 0 Å². The van der Waals surface area contributed by atoms with Crippen LogP contribution in [0.5, 0.6) is 0 Å². The van der Waals surface area contributed by atoms with Crippen molar-refractivity contribution in [3.8, 4) is 0 Å². The first-order valence-corrected chi connectivity index (χ1v) is 10.2. The Morgan fingerprint density at radius 3 is 2.43 bits per heavy atom. The fraction of sp³-hybridized carbons (Fsp3) is 0.0455. The zero-order valence-corrected chi connectivity index (χ0v) is 17.0. The molecule has 4 rings (SSSR count). The van der Waals surface area contributed by atoms with Crippen LogP contribution in [0, 0.1) is 0 Å². The van der Waals surface area contributed by atoms with Crippen LogP contribution in [0.4, 0.5) is 0 Å². The van der Waals surface area contributed by atoms with E-state index in [1.54, 1.807) is 0 Å². The highest BCUT2D eigenvalue weighted by Gasteiger charge is 2.19. The smallest absolute Gasteiger partial charge is 0.269 e. The fourth-order valence-corrected chi connectivity index (χ4v) is 4.28. The molecule has 140 valence electrons. The number of aromatic amines is 1. The summed E-state index contributed by atoms with van der Waals surface area (Å²) in [4.78, 5) is 18.1. The number of amides is 1. The summed E-state index contributed by atoms with van der Waals surface area (Å²) in [6.45, 7) is 0.360. The van der Waals surface area contributed by atoms with Crippen molar-refractivity contribution in [3.05, 3.63) is 94.1 Å². The zero-order valence-electron chi connectivity index (χ0n) is 14.7. The molecular weight excluding hydrogens is 411 g/mol. The minimum Gasteiger partial charge on any atom is -0.350 e. The number of rotatable bonds is 5. The summed E-state index contributed by atoms with van der Waals surface area (Å²) in [5.41, 5.74) is 2.33. The number of hydrogen-bond donors (Lipinski definition) is 2. The third-order valence-electron chi connectivity index (χ3n) is 4.32. The van der Waals surface area contributed by atoms with Gasteiger partial charge in [-0.2, -0.15) is 0 Å². The average molecular weight is 427 g/mol. The van der Waals surface area contributed by atoms with Gasteiger partial charge in [0.25, 0.3) is 5.91 Å². The van der Waals surface area contributed by atoms with E-state index in [4.69, 9.17) is 23.2 Å². The van der Waals surface area contributed by atoms with Crippen molar-refractivity contribution < 1.29 is 4.79 Å². The van der Waals surface area contributed by atoms with E-state index in [0.29, 0.717) is 22.3 Å². The molecule has 0 atom stereocenters. The number of para-hydroxylation sites is 1. The van der Waals surface area contributed by atoms with Crippen LogP contribution >= 0.6 is 35.0 Å². The number of carbonyl (C=O) groups is 1.